The number of benzene rings is 3. The second-order valence-corrected chi connectivity index (χ2v) is 8.57. The summed E-state index contributed by atoms with van der Waals surface area (Å²) in [6.45, 7) is 0. The molecule has 0 saturated carbocycles. The van der Waals surface area contributed by atoms with Gasteiger partial charge in [-0.2, -0.15) is 0 Å². The van der Waals surface area contributed by atoms with E-state index in [0.29, 0.717) is 28.4 Å². The molecule has 178 valence electrons. The summed E-state index contributed by atoms with van der Waals surface area (Å²) in [5.74, 6) is 0.299. The van der Waals surface area contributed by atoms with E-state index in [4.69, 9.17) is 28.4 Å². The lowest BCUT2D eigenvalue weighted by atomic mass is 9.92. The third-order valence-electron chi connectivity index (χ3n) is 6.59. The molecule has 0 bridgehead atoms. The van der Waals surface area contributed by atoms with Gasteiger partial charge in [-0.25, -0.2) is 0 Å². The molecule has 0 aliphatic carbocycles. The van der Waals surface area contributed by atoms with Crippen LogP contribution in [0.5, 0.6) is 17.2 Å². The Kier molecular flexibility index (Phi) is 5.24. The summed E-state index contributed by atoms with van der Waals surface area (Å²) in [6.07, 6.45) is -0.110. The van der Waals surface area contributed by atoms with Crippen LogP contribution in [0.25, 0.3) is 0 Å². The number of fused-ring (bicyclic) bond motifs is 2. The zero-order valence-corrected chi connectivity index (χ0v) is 19.3. The normalized spacial score (nSPS) is 24.0. The van der Waals surface area contributed by atoms with E-state index in [1.807, 2.05) is 60.7 Å². The average Bonchev–Trinajstić information content (AvgIpc) is 3.26. The van der Waals surface area contributed by atoms with E-state index in [1.165, 1.54) is 6.26 Å². The summed E-state index contributed by atoms with van der Waals surface area (Å²) >= 11 is 0. The van der Waals surface area contributed by atoms with Crippen LogP contribution >= 0.6 is 0 Å². The van der Waals surface area contributed by atoms with Gasteiger partial charge in [-0.05, 0) is 24.3 Å². The molecule has 0 aromatic heterocycles. The number of ketones is 1. The molecule has 3 aromatic carbocycles. The molecule has 0 unspecified atom stereocenters. The molecule has 1 fully saturated rings. The van der Waals surface area contributed by atoms with Gasteiger partial charge < -0.3 is 28.4 Å². The first-order valence-electron chi connectivity index (χ1n) is 11.4. The van der Waals surface area contributed by atoms with Gasteiger partial charge in [-0.3, -0.25) is 4.79 Å². The number of carbonyl (C=O) groups excluding carboxylic acids is 1. The Labute approximate surface area is 202 Å². The molecule has 1 saturated heterocycles. The van der Waals surface area contributed by atoms with Crippen LogP contribution in [0.2, 0.25) is 0 Å². The fourth-order valence-electron chi connectivity index (χ4n) is 4.93. The van der Waals surface area contributed by atoms with Crippen molar-refractivity contribution in [2.45, 2.75) is 30.7 Å². The molecule has 1 spiro atoms. The van der Waals surface area contributed by atoms with Crippen molar-refractivity contribution < 1.29 is 33.2 Å². The van der Waals surface area contributed by atoms with Crippen molar-refractivity contribution in [2.24, 2.45) is 0 Å². The Morgan fingerprint density at radius 2 is 1.37 bits per heavy atom. The fraction of sp³-hybridized carbons (Fsp3) is 0.250. The van der Waals surface area contributed by atoms with E-state index in [-0.39, 0.29) is 12.2 Å². The number of carbonyl (C=O) groups is 1. The molecule has 0 radical (unpaired) electrons. The number of methoxy groups -OCH3 is 2. The maximum atomic E-state index is 13.0. The highest BCUT2D eigenvalue weighted by Gasteiger charge is 2.56. The summed E-state index contributed by atoms with van der Waals surface area (Å²) in [4.78, 5) is 13.0. The molecule has 6 rings (SSSR count). The lowest BCUT2D eigenvalue weighted by molar-refractivity contribution is -0.334. The van der Waals surface area contributed by atoms with Gasteiger partial charge in [0.2, 0.25) is 0 Å². The van der Waals surface area contributed by atoms with Gasteiger partial charge in [-0.15, -0.1) is 0 Å². The molecule has 0 amide bonds. The lowest BCUT2D eigenvalue weighted by Crippen LogP contribution is -2.45. The molecular weight excluding hydrogens is 448 g/mol. The maximum Gasteiger partial charge on any atom is 0.331 e. The van der Waals surface area contributed by atoms with E-state index in [9.17, 15) is 4.79 Å². The van der Waals surface area contributed by atoms with E-state index >= 15 is 0 Å². The summed E-state index contributed by atoms with van der Waals surface area (Å²) < 4.78 is 36.6. The van der Waals surface area contributed by atoms with Crippen molar-refractivity contribution in [1.29, 1.82) is 0 Å². The van der Waals surface area contributed by atoms with Crippen LogP contribution in [0.3, 0.4) is 0 Å². The summed E-state index contributed by atoms with van der Waals surface area (Å²) in [5, 5.41) is 0. The molecular formula is C28H24O7. The van der Waals surface area contributed by atoms with Gasteiger partial charge >= 0.3 is 5.97 Å². The quantitative estimate of drug-likeness (QED) is 0.521. The monoisotopic (exact) mass is 472 g/mol. The zero-order valence-electron chi connectivity index (χ0n) is 19.3. The number of rotatable bonds is 4. The number of hydrogen-bond acceptors (Lipinski definition) is 7. The predicted octanol–water partition coefficient (Wildman–Crippen LogP) is 5.13. The van der Waals surface area contributed by atoms with Gasteiger partial charge in [-0.1, -0.05) is 48.5 Å². The third-order valence-corrected chi connectivity index (χ3v) is 6.59. The van der Waals surface area contributed by atoms with Gasteiger partial charge in [0.05, 0.1) is 31.8 Å². The minimum Gasteiger partial charge on any atom is -0.496 e. The second kappa shape index (κ2) is 8.45. The Balaban J connectivity index is 1.40. The number of hydrogen-bond donors (Lipinski definition) is 0. The zero-order chi connectivity index (χ0) is 24.0. The van der Waals surface area contributed by atoms with E-state index in [0.717, 1.165) is 11.1 Å². The maximum absolute atomic E-state index is 13.0. The molecule has 3 aromatic rings. The summed E-state index contributed by atoms with van der Waals surface area (Å²) in [7, 11) is 3.24. The number of para-hydroxylation sites is 3. The molecule has 3 aliphatic heterocycles. The Bertz CT molecular complexity index is 1260. The first kappa shape index (κ1) is 21.7. The highest BCUT2D eigenvalue weighted by molar-refractivity contribution is 6.12. The lowest BCUT2D eigenvalue weighted by Gasteiger charge is -2.37. The molecule has 3 heterocycles. The van der Waals surface area contributed by atoms with Gasteiger partial charge in [0.1, 0.15) is 41.8 Å². The van der Waals surface area contributed by atoms with Crippen molar-refractivity contribution >= 4 is 5.78 Å². The van der Waals surface area contributed by atoms with Crippen molar-refractivity contribution in [3.8, 4) is 17.2 Å². The highest BCUT2D eigenvalue weighted by atomic mass is 16.9. The van der Waals surface area contributed by atoms with Crippen LogP contribution in [0.4, 0.5) is 0 Å². The van der Waals surface area contributed by atoms with E-state index in [2.05, 4.69) is 0 Å². The Morgan fingerprint density at radius 1 is 0.800 bits per heavy atom. The average molecular weight is 472 g/mol. The topological polar surface area (TPSA) is 72.5 Å². The van der Waals surface area contributed by atoms with Crippen LogP contribution < -0.4 is 14.2 Å². The molecule has 7 heteroatoms. The Hall–Kier alpha value is -3.81. The van der Waals surface area contributed by atoms with E-state index in [1.54, 1.807) is 26.4 Å². The van der Waals surface area contributed by atoms with Crippen molar-refractivity contribution in [2.75, 3.05) is 14.2 Å². The molecule has 0 N–H and O–H groups in total. The SMILES string of the molecule is COc1ccccc1[C@@H]1OC2(C[C@H]3Oc4ccccc4C(=O)C3=CO2)O[C@H]1c1ccccc1OC. The molecule has 7 nitrogen and oxygen atoms in total. The molecule has 3 atom stereocenters. The van der Waals surface area contributed by atoms with Crippen LogP contribution in [0.1, 0.15) is 40.1 Å². The van der Waals surface area contributed by atoms with Gasteiger partial charge in [0, 0.05) is 11.1 Å². The van der Waals surface area contributed by atoms with Gasteiger partial charge in [0.25, 0.3) is 0 Å². The highest BCUT2D eigenvalue weighted by Crippen LogP contribution is 2.54. The number of Topliss-reactive ketones (excluding diaryl/α,β-unsaturated/α-hetero) is 1. The summed E-state index contributed by atoms with van der Waals surface area (Å²) in [5.41, 5.74) is 2.58. The first-order chi connectivity index (χ1) is 17.1. The second-order valence-electron chi connectivity index (χ2n) is 8.57. The van der Waals surface area contributed by atoms with Gasteiger partial charge in [0.15, 0.2) is 5.78 Å². The molecule has 3 aliphatic rings. The predicted molar refractivity (Wildman–Crippen MR) is 125 cm³/mol. The third kappa shape index (κ3) is 3.55. The summed E-state index contributed by atoms with van der Waals surface area (Å²) in [6, 6.07) is 22.5. The first-order valence-corrected chi connectivity index (χ1v) is 11.4. The Morgan fingerprint density at radius 3 is 2.00 bits per heavy atom. The van der Waals surface area contributed by atoms with Crippen molar-refractivity contribution in [3.05, 3.63) is 101 Å². The van der Waals surface area contributed by atoms with Crippen molar-refractivity contribution in [1.82, 2.24) is 0 Å². The minimum absolute atomic E-state index is 0.118. The largest absolute Gasteiger partial charge is 0.496 e. The van der Waals surface area contributed by atoms with Crippen LogP contribution in [-0.2, 0) is 14.2 Å². The minimum atomic E-state index is -1.46. The van der Waals surface area contributed by atoms with Crippen molar-refractivity contribution in [3.63, 3.8) is 0 Å². The van der Waals surface area contributed by atoms with Crippen LogP contribution in [0, 0.1) is 0 Å². The van der Waals surface area contributed by atoms with E-state index < -0.39 is 24.3 Å². The number of ether oxygens (including phenoxy) is 6. The standard InChI is InChI=1S/C28H24O7/c1-30-21-12-6-4-10-18(21)26-27(19-11-5-7-13-22(19)31-2)35-28(34-26)15-24-20(16-32-28)25(29)17-9-3-8-14-23(17)33-24/h3-14,16,24,26-27H,15H2,1-2H3/t24-,26+,27+/m1/s1. The fourth-order valence-corrected chi connectivity index (χ4v) is 4.93. The smallest absolute Gasteiger partial charge is 0.331 e. The van der Waals surface area contributed by atoms with Crippen LogP contribution in [0.15, 0.2) is 84.6 Å². The van der Waals surface area contributed by atoms with Crippen LogP contribution in [-0.4, -0.2) is 32.1 Å². The molecule has 35 heavy (non-hydrogen) atoms.